The van der Waals surface area contributed by atoms with Gasteiger partial charge in [0.25, 0.3) is 0 Å². The number of benzene rings is 2. The van der Waals surface area contributed by atoms with Crippen molar-refractivity contribution in [2.24, 2.45) is 4.99 Å². The summed E-state index contributed by atoms with van der Waals surface area (Å²) in [7, 11) is 3.49. The van der Waals surface area contributed by atoms with Crippen LogP contribution in [0, 0.1) is 0 Å². The van der Waals surface area contributed by atoms with Gasteiger partial charge in [-0.1, -0.05) is 24.3 Å². The van der Waals surface area contributed by atoms with E-state index in [1.807, 2.05) is 24.3 Å². The molecule has 5 rings (SSSR count). The number of likely N-dealkylation sites (N-methyl/N-ethyl adjacent to an activating group) is 1. The van der Waals surface area contributed by atoms with E-state index in [9.17, 15) is 9.59 Å². The number of nitrogens with one attached hydrogen (secondary N) is 1. The fourth-order valence-electron chi connectivity index (χ4n) is 4.67. The first-order chi connectivity index (χ1) is 17.5. The largest absolute Gasteiger partial charge is 0.465 e. The number of aromatic nitrogens is 1. The fraction of sp³-hybridized carbons (Fsp3) is 0.286. The lowest BCUT2D eigenvalue weighted by Crippen LogP contribution is -2.43. The van der Waals surface area contributed by atoms with Gasteiger partial charge in [-0.25, -0.2) is 4.79 Å². The Hall–Kier alpha value is -3.88. The van der Waals surface area contributed by atoms with Crippen molar-refractivity contribution in [3.63, 3.8) is 0 Å². The number of rotatable bonds is 6. The Morgan fingerprint density at radius 3 is 2.56 bits per heavy atom. The van der Waals surface area contributed by atoms with E-state index in [2.05, 4.69) is 39.3 Å². The van der Waals surface area contributed by atoms with Crippen LogP contribution in [0.2, 0.25) is 0 Å². The van der Waals surface area contributed by atoms with Gasteiger partial charge in [0.2, 0.25) is 5.91 Å². The summed E-state index contributed by atoms with van der Waals surface area (Å²) in [5.41, 5.74) is 5.12. The van der Waals surface area contributed by atoms with Gasteiger partial charge in [-0.15, -0.1) is 0 Å². The molecule has 1 unspecified atom stereocenters. The van der Waals surface area contributed by atoms with Gasteiger partial charge in [0.05, 0.1) is 24.1 Å². The van der Waals surface area contributed by atoms with Gasteiger partial charge >= 0.3 is 5.97 Å². The molecule has 1 fully saturated rings. The monoisotopic (exact) mass is 483 g/mol. The van der Waals surface area contributed by atoms with Crippen LogP contribution in [0.15, 0.2) is 72.0 Å². The highest BCUT2D eigenvalue weighted by atomic mass is 16.5. The molecule has 0 saturated carbocycles. The highest BCUT2D eigenvalue weighted by Crippen LogP contribution is 2.37. The summed E-state index contributed by atoms with van der Waals surface area (Å²) in [5.74, 6) is -1.27. The maximum atomic E-state index is 13.1. The number of carbonyl (C=O) groups is 2. The van der Waals surface area contributed by atoms with Crippen molar-refractivity contribution in [3.8, 4) is 0 Å². The number of fused-ring (bicyclic) bond motifs is 1. The number of ether oxygens (including phenoxy) is 1. The molecule has 0 aliphatic carbocycles. The summed E-state index contributed by atoms with van der Waals surface area (Å²) in [6.45, 7) is 5.21. The van der Waals surface area contributed by atoms with Gasteiger partial charge in [-0.3, -0.25) is 19.7 Å². The van der Waals surface area contributed by atoms with Crippen LogP contribution in [0.3, 0.4) is 0 Å². The van der Waals surface area contributed by atoms with Gasteiger partial charge in [0, 0.05) is 56.4 Å². The van der Waals surface area contributed by atoms with Crippen molar-refractivity contribution in [1.82, 2.24) is 14.8 Å². The van der Waals surface area contributed by atoms with Crippen LogP contribution < -0.4 is 5.32 Å². The van der Waals surface area contributed by atoms with Crippen LogP contribution in [0.5, 0.6) is 0 Å². The molecule has 8 nitrogen and oxygen atoms in total. The second-order valence-electron chi connectivity index (χ2n) is 9.20. The summed E-state index contributed by atoms with van der Waals surface area (Å²) in [5, 5.41) is 2.90. The van der Waals surface area contributed by atoms with Gasteiger partial charge in [-0.05, 0) is 48.5 Å². The zero-order valence-electron chi connectivity index (χ0n) is 20.5. The third-order valence-electron chi connectivity index (χ3n) is 6.72. The molecule has 1 saturated heterocycles. The smallest absolute Gasteiger partial charge is 0.337 e. The van der Waals surface area contributed by atoms with E-state index in [0.717, 1.165) is 49.5 Å². The molecule has 0 radical (unpaired) electrons. The lowest BCUT2D eigenvalue weighted by molar-refractivity contribution is -0.115. The number of hydrogen-bond acceptors (Lipinski definition) is 7. The first-order valence-electron chi connectivity index (χ1n) is 12.0. The zero-order chi connectivity index (χ0) is 25.1. The molecule has 2 aromatic carbocycles. The maximum Gasteiger partial charge on any atom is 0.337 e. The number of aliphatic imine (C=N–C) groups is 1. The number of esters is 1. The summed E-state index contributed by atoms with van der Waals surface area (Å²) in [6, 6.07) is 17.0. The second kappa shape index (κ2) is 10.4. The summed E-state index contributed by atoms with van der Waals surface area (Å²) >= 11 is 0. The van der Waals surface area contributed by atoms with Crippen LogP contribution in [0.25, 0.3) is 0 Å². The van der Waals surface area contributed by atoms with Gasteiger partial charge in [-0.2, -0.15) is 0 Å². The molecule has 0 spiro atoms. The number of methoxy groups -OCH3 is 1. The molecule has 0 bridgehead atoms. The Balaban J connectivity index is 1.45. The fourth-order valence-corrected chi connectivity index (χ4v) is 4.67. The van der Waals surface area contributed by atoms with Crippen molar-refractivity contribution in [1.29, 1.82) is 0 Å². The molecule has 184 valence electrons. The molecule has 2 aliphatic heterocycles. The minimum absolute atomic E-state index is 0.193. The lowest BCUT2D eigenvalue weighted by Gasteiger charge is -2.32. The third kappa shape index (κ3) is 5.05. The number of anilines is 1. The Morgan fingerprint density at radius 1 is 1.08 bits per heavy atom. The SMILES string of the molecule is COC(=O)c1ccc2c(c1)NC(=O)C2C(=Nc1ccc(CN2CCN(C)CC2)cc1)c1cccnc1. The average Bonchev–Trinajstić information content (AvgIpc) is 3.24. The minimum atomic E-state index is -0.624. The predicted molar refractivity (Wildman–Crippen MR) is 139 cm³/mol. The first-order valence-corrected chi connectivity index (χ1v) is 12.0. The summed E-state index contributed by atoms with van der Waals surface area (Å²) < 4.78 is 4.82. The number of hydrogen-bond donors (Lipinski definition) is 1. The zero-order valence-corrected chi connectivity index (χ0v) is 20.5. The van der Waals surface area contributed by atoms with Crippen molar-refractivity contribution >= 4 is 29.0 Å². The van der Waals surface area contributed by atoms with E-state index < -0.39 is 11.9 Å². The van der Waals surface area contributed by atoms with Crippen molar-refractivity contribution in [3.05, 3.63) is 89.2 Å². The number of nitrogens with zero attached hydrogens (tertiary/aromatic N) is 4. The van der Waals surface area contributed by atoms with Crippen LogP contribution in [-0.4, -0.2) is 72.7 Å². The molecule has 1 atom stereocenters. The van der Waals surface area contributed by atoms with Gasteiger partial charge < -0.3 is 15.0 Å². The van der Waals surface area contributed by atoms with E-state index in [-0.39, 0.29) is 5.91 Å². The molecule has 1 N–H and O–H groups in total. The number of carbonyl (C=O) groups excluding carboxylic acids is 2. The Morgan fingerprint density at radius 2 is 1.86 bits per heavy atom. The summed E-state index contributed by atoms with van der Waals surface area (Å²) in [4.78, 5) is 39.1. The van der Waals surface area contributed by atoms with Gasteiger partial charge in [0.1, 0.15) is 5.92 Å². The molecule has 1 aromatic heterocycles. The molecular weight excluding hydrogens is 454 g/mol. The van der Waals surface area contributed by atoms with E-state index in [1.54, 1.807) is 30.6 Å². The Labute approximate surface area is 210 Å². The van der Waals surface area contributed by atoms with Crippen LogP contribution in [0.1, 0.15) is 33.0 Å². The van der Waals surface area contributed by atoms with Crippen LogP contribution >= 0.6 is 0 Å². The van der Waals surface area contributed by atoms with Crippen LogP contribution in [-0.2, 0) is 16.1 Å². The van der Waals surface area contributed by atoms with E-state index >= 15 is 0 Å². The number of amides is 1. The van der Waals surface area contributed by atoms with Crippen molar-refractivity contribution < 1.29 is 14.3 Å². The van der Waals surface area contributed by atoms with E-state index in [4.69, 9.17) is 9.73 Å². The van der Waals surface area contributed by atoms with E-state index in [1.165, 1.54) is 12.7 Å². The number of pyridine rings is 1. The highest BCUT2D eigenvalue weighted by molar-refractivity contribution is 6.24. The Kier molecular flexibility index (Phi) is 6.88. The third-order valence-corrected chi connectivity index (χ3v) is 6.72. The standard InChI is InChI=1S/C28H29N5O3/c1-32-12-14-33(15-13-32)18-19-5-8-22(9-6-19)30-26(21-4-3-11-29-17-21)25-23-10-7-20(28(35)36-2)16-24(23)31-27(25)34/h3-11,16-17,25H,12-15,18H2,1-2H3,(H,31,34). The van der Waals surface area contributed by atoms with E-state index in [0.29, 0.717) is 17.0 Å². The first kappa shape index (κ1) is 23.8. The molecule has 36 heavy (non-hydrogen) atoms. The number of piperazine rings is 1. The van der Waals surface area contributed by atoms with Crippen molar-refractivity contribution in [2.75, 3.05) is 45.7 Å². The molecule has 1 amide bonds. The molecule has 2 aliphatic rings. The maximum absolute atomic E-state index is 13.1. The molecule has 8 heteroatoms. The molecular formula is C28H29N5O3. The van der Waals surface area contributed by atoms with Gasteiger partial charge in [0.15, 0.2) is 0 Å². The van der Waals surface area contributed by atoms with Crippen LogP contribution in [0.4, 0.5) is 11.4 Å². The molecule has 3 aromatic rings. The summed E-state index contributed by atoms with van der Waals surface area (Å²) in [6.07, 6.45) is 3.41. The topological polar surface area (TPSA) is 87.1 Å². The van der Waals surface area contributed by atoms with Crippen molar-refractivity contribution in [2.45, 2.75) is 12.5 Å². The highest BCUT2D eigenvalue weighted by Gasteiger charge is 2.36. The molecule has 3 heterocycles. The Bertz CT molecular complexity index is 1280. The predicted octanol–water partition coefficient (Wildman–Crippen LogP) is 3.47. The normalized spacial score (nSPS) is 18.6. The minimum Gasteiger partial charge on any atom is -0.465 e. The average molecular weight is 484 g/mol. The second-order valence-corrected chi connectivity index (χ2v) is 9.20. The lowest BCUT2D eigenvalue weighted by atomic mass is 9.91. The quantitative estimate of drug-likeness (QED) is 0.427.